The lowest BCUT2D eigenvalue weighted by Crippen LogP contribution is -2.47. The van der Waals surface area contributed by atoms with Gasteiger partial charge in [-0.2, -0.15) is 0 Å². The molecule has 7 nitrogen and oxygen atoms in total. The summed E-state index contributed by atoms with van der Waals surface area (Å²) in [4.78, 5) is 6.85. The van der Waals surface area contributed by atoms with Crippen molar-refractivity contribution < 1.29 is 5.11 Å². The zero-order valence-electron chi connectivity index (χ0n) is 16.6. The Labute approximate surface area is 169 Å². The number of benzene rings is 2. The molecule has 0 spiro atoms. The Morgan fingerprint density at radius 1 is 1.07 bits per heavy atom. The molecular formula is C22H24N6O. The second-order valence-corrected chi connectivity index (χ2v) is 8.26. The number of fused-ring (bicyclic) bond motifs is 1. The van der Waals surface area contributed by atoms with Crippen molar-refractivity contribution in [2.24, 2.45) is 0 Å². The highest BCUT2D eigenvalue weighted by molar-refractivity contribution is 5.77. The number of nitrogens with zero attached hydrogens (tertiary/aromatic N) is 6. The van der Waals surface area contributed by atoms with Crippen LogP contribution in [0, 0.1) is 0 Å². The molecule has 148 valence electrons. The lowest BCUT2D eigenvalue weighted by molar-refractivity contribution is 0.0731. The van der Waals surface area contributed by atoms with E-state index in [1.54, 1.807) is 13.8 Å². The molecule has 0 bridgehead atoms. The average molecular weight is 388 g/mol. The summed E-state index contributed by atoms with van der Waals surface area (Å²) in [6.07, 6.45) is 3.73. The number of rotatable bonds is 5. The zero-order chi connectivity index (χ0) is 20.0. The monoisotopic (exact) mass is 388 g/mol. The second kappa shape index (κ2) is 6.79. The third-order valence-corrected chi connectivity index (χ3v) is 5.52. The van der Waals surface area contributed by atoms with Gasteiger partial charge in [-0.3, -0.25) is 9.47 Å². The van der Waals surface area contributed by atoms with E-state index in [1.807, 2.05) is 35.4 Å². The van der Waals surface area contributed by atoms with Gasteiger partial charge in [-0.1, -0.05) is 29.5 Å². The third kappa shape index (κ3) is 3.43. The van der Waals surface area contributed by atoms with Gasteiger partial charge in [0.1, 0.15) is 17.6 Å². The zero-order valence-corrected chi connectivity index (χ0v) is 16.6. The molecule has 1 fully saturated rings. The standard InChI is InChI=1S/C22H24N6O/c1-22(2,29)21-14-28(25-24-21)18-12-26(13-18)11-16-7-9-17(10-8-16)27-15-23-19-5-3-4-6-20(19)27/h3-10,14-15,18,29H,11-13H2,1-2H3. The van der Waals surface area contributed by atoms with Gasteiger partial charge in [0.15, 0.2) is 0 Å². The third-order valence-electron chi connectivity index (χ3n) is 5.52. The fourth-order valence-electron chi connectivity index (χ4n) is 3.76. The summed E-state index contributed by atoms with van der Waals surface area (Å²) in [5.41, 5.74) is 4.18. The van der Waals surface area contributed by atoms with Gasteiger partial charge in [-0.25, -0.2) is 9.67 Å². The van der Waals surface area contributed by atoms with E-state index in [0.29, 0.717) is 11.7 Å². The number of hydrogen-bond acceptors (Lipinski definition) is 5. The first-order valence-corrected chi connectivity index (χ1v) is 9.86. The van der Waals surface area contributed by atoms with Crippen LogP contribution in [0.1, 0.15) is 31.1 Å². The summed E-state index contributed by atoms with van der Waals surface area (Å²) in [7, 11) is 0. The first-order chi connectivity index (χ1) is 14.0. The maximum atomic E-state index is 10.0. The molecule has 29 heavy (non-hydrogen) atoms. The van der Waals surface area contributed by atoms with Crippen LogP contribution in [0.5, 0.6) is 0 Å². The number of imidazole rings is 1. The van der Waals surface area contributed by atoms with E-state index in [-0.39, 0.29) is 0 Å². The van der Waals surface area contributed by atoms with Crippen molar-refractivity contribution in [2.75, 3.05) is 13.1 Å². The van der Waals surface area contributed by atoms with Crippen LogP contribution in [0.2, 0.25) is 0 Å². The Morgan fingerprint density at radius 2 is 1.83 bits per heavy atom. The van der Waals surface area contributed by atoms with Crippen LogP contribution in [0.25, 0.3) is 16.7 Å². The molecule has 0 saturated carbocycles. The maximum absolute atomic E-state index is 10.0. The van der Waals surface area contributed by atoms with Crippen LogP contribution in [-0.2, 0) is 12.1 Å². The molecule has 0 amide bonds. The van der Waals surface area contributed by atoms with Crippen molar-refractivity contribution in [3.63, 3.8) is 0 Å². The second-order valence-electron chi connectivity index (χ2n) is 8.26. The van der Waals surface area contributed by atoms with Crippen LogP contribution in [0.3, 0.4) is 0 Å². The van der Waals surface area contributed by atoms with Crippen molar-refractivity contribution in [3.05, 3.63) is 72.3 Å². The van der Waals surface area contributed by atoms with E-state index >= 15 is 0 Å². The number of para-hydroxylation sites is 2. The van der Waals surface area contributed by atoms with Gasteiger partial charge in [0.25, 0.3) is 0 Å². The molecule has 3 heterocycles. The van der Waals surface area contributed by atoms with Crippen molar-refractivity contribution in [2.45, 2.75) is 32.0 Å². The van der Waals surface area contributed by atoms with E-state index in [1.165, 1.54) is 5.56 Å². The van der Waals surface area contributed by atoms with Gasteiger partial charge < -0.3 is 5.11 Å². The van der Waals surface area contributed by atoms with Gasteiger partial charge in [0.2, 0.25) is 0 Å². The van der Waals surface area contributed by atoms with Crippen molar-refractivity contribution in [1.29, 1.82) is 0 Å². The Morgan fingerprint density at radius 3 is 2.55 bits per heavy atom. The predicted octanol–water partition coefficient (Wildman–Crippen LogP) is 2.90. The van der Waals surface area contributed by atoms with Crippen LogP contribution >= 0.6 is 0 Å². The minimum Gasteiger partial charge on any atom is -0.384 e. The normalized spacial score (nSPS) is 15.7. The highest BCUT2D eigenvalue weighted by Crippen LogP contribution is 2.25. The van der Waals surface area contributed by atoms with Crippen molar-refractivity contribution >= 4 is 11.0 Å². The number of aromatic nitrogens is 5. The molecule has 0 radical (unpaired) electrons. The summed E-state index contributed by atoms with van der Waals surface area (Å²) in [5, 5.41) is 18.3. The Balaban J connectivity index is 1.22. The van der Waals surface area contributed by atoms with E-state index in [4.69, 9.17) is 0 Å². The fourth-order valence-corrected chi connectivity index (χ4v) is 3.76. The van der Waals surface area contributed by atoms with E-state index in [0.717, 1.165) is 36.4 Å². The molecule has 2 aromatic heterocycles. The molecule has 1 saturated heterocycles. The van der Waals surface area contributed by atoms with Crippen LogP contribution < -0.4 is 0 Å². The summed E-state index contributed by atoms with van der Waals surface area (Å²) in [6, 6.07) is 17.1. The first-order valence-electron chi connectivity index (χ1n) is 9.86. The summed E-state index contributed by atoms with van der Waals surface area (Å²) in [6.45, 7) is 6.23. The number of hydrogen-bond donors (Lipinski definition) is 1. The molecule has 7 heteroatoms. The molecule has 0 aliphatic carbocycles. The lowest BCUT2D eigenvalue weighted by Gasteiger charge is -2.38. The first kappa shape index (κ1) is 18.0. The van der Waals surface area contributed by atoms with Crippen molar-refractivity contribution in [3.8, 4) is 5.69 Å². The highest BCUT2D eigenvalue weighted by Gasteiger charge is 2.30. The molecule has 1 aliphatic rings. The van der Waals surface area contributed by atoms with E-state index < -0.39 is 5.60 Å². The molecule has 2 aromatic carbocycles. The van der Waals surface area contributed by atoms with Gasteiger partial charge in [-0.05, 0) is 43.7 Å². The molecule has 5 rings (SSSR count). The van der Waals surface area contributed by atoms with Gasteiger partial charge >= 0.3 is 0 Å². The quantitative estimate of drug-likeness (QED) is 0.569. The number of aliphatic hydroxyl groups is 1. The van der Waals surface area contributed by atoms with Crippen molar-refractivity contribution in [1.82, 2.24) is 29.4 Å². The molecular weight excluding hydrogens is 364 g/mol. The van der Waals surface area contributed by atoms with E-state index in [9.17, 15) is 5.11 Å². The van der Waals surface area contributed by atoms with E-state index in [2.05, 4.69) is 55.1 Å². The molecule has 0 unspecified atom stereocenters. The molecule has 0 atom stereocenters. The minimum absolute atomic E-state index is 0.315. The largest absolute Gasteiger partial charge is 0.384 e. The smallest absolute Gasteiger partial charge is 0.114 e. The van der Waals surface area contributed by atoms with Crippen LogP contribution in [-0.4, -0.2) is 47.6 Å². The summed E-state index contributed by atoms with van der Waals surface area (Å²) >= 11 is 0. The van der Waals surface area contributed by atoms with Gasteiger partial charge in [-0.15, -0.1) is 5.10 Å². The Kier molecular flexibility index (Phi) is 4.22. The molecule has 1 aliphatic heterocycles. The number of likely N-dealkylation sites (tertiary alicyclic amines) is 1. The average Bonchev–Trinajstić information content (AvgIpc) is 3.32. The van der Waals surface area contributed by atoms with Crippen LogP contribution in [0.15, 0.2) is 61.1 Å². The maximum Gasteiger partial charge on any atom is 0.114 e. The summed E-state index contributed by atoms with van der Waals surface area (Å²) in [5.74, 6) is 0. The Hall–Kier alpha value is -3.03. The fraction of sp³-hybridized carbons (Fsp3) is 0.318. The molecule has 1 N–H and O–H groups in total. The van der Waals surface area contributed by atoms with Gasteiger partial charge in [0, 0.05) is 25.3 Å². The predicted molar refractivity (Wildman–Crippen MR) is 111 cm³/mol. The van der Waals surface area contributed by atoms with Crippen LogP contribution in [0.4, 0.5) is 0 Å². The molecule has 4 aromatic rings. The summed E-state index contributed by atoms with van der Waals surface area (Å²) < 4.78 is 3.99. The topological polar surface area (TPSA) is 72.0 Å². The Bertz CT molecular complexity index is 1130. The lowest BCUT2D eigenvalue weighted by atomic mass is 10.1. The van der Waals surface area contributed by atoms with Gasteiger partial charge in [0.05, 0.1) is 23.3 Å². The minimum atomic E-state index is -0.954. The highest BCUT2D eigenvalue weighted by atomic mass is 16.3. The SMILES string of the molecule is CC(C)(O)c1cn(C2CN(Cc3ccc(-n4cnc5ccccc54)cc3)C2)nn1.